The highest BCUT2D eigenvalue weighted by Gasteiger charge is 2.35. The summed E-state index contributed by atoms with van der Waals surface area (Å²) in [5.74, 6) is -0.0988. The van der Waals surface area contributed by atoms with Gasteiger partial charge in [-0.05, 0) is 81.6 Å². The number of rotatable bonds is 11. The van der Waals surface area contributed by atoms with Gasteiger partial charge in [-0.2, -0.15) is 13.2 Å². The fourth-order valence-electron chi connectivity index (χ4n) is 7.16. The number of likely N-dealkylation sites (tertiary alicyclic amines) is 2. The lowest BCUT2D eigenvalue weighted by atomic mass is 9.87. The van der Waals surface area contributed by atoms with Crippen molar-refractivity contribution in [3.63, 3.8) is 0 Å². The third kappa shape index (κ3) is 9.61. The first kappa shape index (κ1) is 37.7. The van der Waals surface area contributed by atoms with Crippen molar-refractivity contribution in [1.82, 2.24) is 14.7 Å². The van der Waals surface area contributed by atoms with Crippen LogP contribution in [0.3, 0.4) is 0 Å². The lowest BCUT2D eigenvalue weighted by molar-refractivity contribution is -0.148. The average molecular weight is 708 g/mol. The third-order valence-electron chi connectivity index (χ3n) is 10.0. The van der Waals surface area contributed by atoms with E-state index in [0.717, 1.165) is 17.5 Å². The van der Waals surface area contributed by atoms with Crippen LogP contribution in [0.1, 0.15) is 49.3 Å². The van der Waals surface area contributed by atoms with Gasteiger partial charge in [-0.1, -0.05) is 30.3 Å². The lowest BCUT2D eigenvalue weighted by Crippen LogP contribution is -2.42. The van der Waals surface area contributed by atoms with Crippen LogP contribution in [0, 0.1) is 17.2 Å². The summed E-state index contributed by atoms with van der Waals surface area (Å²) in [5.41, 5.74) is 17.2. The molecule has 1 atom stereocenters. The van der Waals surface area contributed by atoms with E-state index in [9.17, 15) is 22.8 Å². The number of amidine groups is 1. The number of nitrogens with zero attached hydrogens (tertiary/aromatic N) is 6. The van der Waals surface area contributed by atoms with E-state index < -0.39 is 12.7 Å². The molecule has 5 rings (SSSR count). The summed E-state index contributed by atoms with van der Waals surface area (Å²) >= 11 is 0. The topological polar surface area (TPSA) is 148 Å². The van der Waals surface area contributed by atoms with E-state index >= 15 is 0 Å². The molecule has 3 aliphatic rings. The Morgan fingerprint density at radius 2 is 1.71 bits per heavy atom. The molecule has 11 nitrogen and oxygen atoms in total. The number of amides is 2. The molecule has 2 aromatic rings. The average Bonchev–Trinajstić information content (AvgIpc) is 3.59. The molecular weight excluding hydrogens is 659 g/mol. The summed E-state index contributed by atoms with van der Waals surface area (Å²) in [6, 6.07) is 13.1. The molecule has 0 saturated carbocycles. The van der Waals surface area contributed by atoms with Crippen molar-refractivity contribution < 1.29 is 22.8 Å². The van der Waals surface area contributed by atoms with Crippen LogP contribution < -0.4 is 16.4 Å². The zero-order valence-electron chi connectivity index (χ0n) is 29.3. The normalized spacial score (nSPS) is 19.8. The number of alkyl halides is 3. The predicted molar refractivity (Wildman–Crippen MR) is 196 cm³/mol. The molecule has 14 heteroatoms. The number of hydrogen-bond donors (Lipinski definition) is 3. The molecule has 2 aromatic carbocycles. The number of aliphatic imine (C=N–C) groups is 2. The molecule has 0 radical (unpaired) electrons. The van der Waals surface area contributed by atoms with Crippen molar-refractivity contribution in [2.45, 2.75) is 38.8 Å². The first-order valence-corrected chi connectivity index (χ1v) is 17.5. The van der Waals surface area contributed by atoms with E-state index in [-0.39, 0.29) is 43.3 Å². The van der Waals surface area contributed by atoms with Gasteiger partial charge in [0.05, 0.1) is 19.0 Å². The van der Waals surface area contributed by atoms with E-state index in [1.54, 1.807) is 30.1 Å². The molecule has 0 bridgehead atoms. The summed E-state index contributed by atoms with van der Waals surface area (Å²) < 4.78 is 38.5. The van der Waals surface area contributed by atoms with Crippen LogP contribution in [0.5, 0.6) is 0 Å². The maximum Gasteiger partial charge on any atom is 0.401 e. The Morgan fingerprint density at radius 3 is 2.33 bits per heavy atom. The molecule has 2 fully saturated rings. The summed E-state index contributed by atoms with van der Waals surface area (Å²) in [7, 11) is 1.63. The Labute approximate surface area is 297 Å². The minimum atomic E-state index is -4.25. The van der Waals surface area contributed by atoms with Crippen molar-refractivity contribution >= 4 is 46.6 Å². The molecule has 51 heavy (non-hydrogen) atoms. The lowest BCUT2D eigenvalue weighted by Gasteiger charge is -2.33. The second-order valence-corrected chi connectivity index (χ2v) is 13.4. The zero-order chi connectivity index (χ0) is 36.7. The standard InChI is InChI=1S/C37H48F3N9O2/c1-3-49(30-8-9-32(41)31(20-30)34(42)27-10-15-46(16-11-27)23-37(38,39)40)36(51)29-12-17-47(21-29)22-33(50)48-18-13-26(14-19-48)25-4-6-28(7-5-25)35(43)45-24-44-2/h4-9,13,20,24,27,29,42H,3,10-12,14-19,21-23,41H2,1-2H3,(H2,43,44,45)/t29-/m1/s1. The number of nitrogen functional groups attached to an aromatic ring is 1. The highest BCUT2D eigenvalue weighted by atomic mass is 19.4. The van der Waals surface area contributed by atoms with Gasteiger partial charge in [-0.15, -0.1) is 0 Å². The van der Waals surface area contributed by atoms with Gasteiger partial charge in [0.1, 0.15) is 12.2 Å². The highest BCUT2D eigenvalue weighted by Crippen LogP contribution is 2.31. The molecule has 5 N–H and O–H groups in total. The fraction of sp³-hybridized carbons (Fsp3) is 0.486. The molecule has 3 heterocycles. The quantitative estimate of drug-likeness (QED) is 0.181. The van der Waals surface area contributed by atoms with Crippen LogP contribution in [-0.4, -0.2) is 117 Å². The molecule has 2 amide bonds. The predicted octanol–water partition coefficient (Wildman–Crippen LogP) is 4.27. The molecule has 0 aliphatic carbocycles. The number of carbonyl (C=O) groups is 2. The fourth-order valence-corrected chi connectivity index (χ4v) is 7.16. The number of piperidine rings is 1. The second-order valence-electron chi connectivity index (χ2n) is 13.4. The number of anilines is 2. The third-order valence-corrected chi connectivity index (χ3v) is 10.0. The largest absolute Gasteiger partial charge is 0.401 e. The van der Waals surface area contributed by atoms with Gasteiger partial charge in [-0.3, -0.25) is 24.4 Å². The Balaban J connectivity index is 1.14. The van der Waals surface area contributed by atoms with E-state index in [1.807, 2.05) is 41.0 Å². The van der Waals surface area contributed by atoms with Crippen molar-refractivity contribution in [1.29, 1.82) is 5.41 Å². The van der Waals surface area contributed by atoms with E-state index in [0.29, 0.717) is 80.5 Å². The van der Waals surface area contributed by atoms with Gasteiger partial charge in [0, 0.05) is 67.4 Å². The Kier molecular flexibility index (Phi) is 12.3. The summed E-state index contributed by atoms with van der Waals surface area (Å²) in [6.45, 7) is 4.40. The first-order chi connectivity index (χ1) is 24.4. The van der Waals surface area contributed by atoms with Crippen LogP contribution in [0.25, 0.3) is 5.57 Å². The molecule has 274 valence electrons. The van der Waals surface area contributed by atoms with Crippen LogP contribution >= 0.6 is 0 Å². The van der Waals surface area contributed by atoms with Gasteiger partial charge >= 0.3 is 6.18 Å². The minimum absolute atomic E-state index is 0.0357. The van der Waals surface area contributed by atoms with Crippen LogP contribution in [0.2, 0.25) is 0 Å². The smallest absolute Gasteiger partial charge is 0.398 e. The molecule has 0 spiro atoms. The maximum absolute atomic E-state index is 13.8. The Morgan fingerprint density at radius 1 is 1.02 bits per heavy atom. The summed E-state index contributed by atoms with van der Waals surface area (Å²) in [6.07, 6.45) is 1.51. The second kappa shape index (κ2) is 16.6. The van der Waals surface area contributed by atoms with Crippen LogP contribution in [-0.2, 0) is 9.59 Å². The van der Waals surface area contributed by atoms with E-state index in [1.165, 1.54) is 16.8 Å². The summed E-state index contributed by atoms with van der Waals surface area (Å²) in [4.78, 5) is 41.9. The van der Waals surface area contributed by atoms with Crippen molar-refractivity contribution in [2.24, 2.45) is 27.6 Å². The molecule has 0 aromatic heterocycles. The number of nitrogens with two attached hydrogens (primary N) is 2. The Bertz CT molecular complexity index is 1660. The number of nitrogens with one attached hydrogen (secondary N) is 1. The number of halogens is 3. The van der Waals surface area contributed by atoms with Gasteiger partial charge in [0.15, 0.2) is 0 Å². The van der Waals surface area contributed by atoms with Gasteiger partial charge in [-0.25, -0.2) is 4.99 Å². The molecule has 0 unspecified atom stereocenters. The maximum atomic E-state index is 13.8. The van der Waals surface area contributed by atoms with Crippen LogP contribution in [0.15, 0.2) is 58.5 Å². The minimum Gasteiger partial charge on any atom is -0.398 e. The first-order valence-electron chi connectivity index (χ1n) is 17.5. The summed E-state index contributed by atoms with van der Waals surface area (Å²) in [5, 5.41) is 8.87. The molecular formula is C37H48F3N9O2. The van der Waals surface area contributed by atoms with Gasteiger partial charge in [0.25, 0.3) is 0 Å². The molecule has 2 saturated heterocycles. The molecule has 3 aliphatic heterocycles. The van der Waals surface area contributed by atoms with Gasteiger partial charge < -0.3 is 26.7 Å². The number of carbonyl (C=O) groups excluding carboxylic acids is 2. The Hall–Kier alpha value is -4.56. The zero-order valence-corrected chi connectivity index (χ0v) is 29.3. The number of hydrogen-bond acceptors (Lipinski definition) is 7. The van der Waals surface area contributed by atoms with Crippen LogP contribution in [0.4, 0.5) is 24.5 Å². The van der Waals surface area contributed by atoms with Crippen molar-refractivity contribution in [2.75, 3.05) is 76.6 Å². The van der Waals surface area contributed by atoms with Crippen molar-refractivity contribution in [3.8, 4) is 0 Å². The highest BCUT2D eigenvalue weighted by molar-refractivity contribution is 6.06. The number of benzene rings is 2. The van der Waals surface area contributed by atoms with E-state index in [4.69, 9.17) is 16.9 Å². The van der Waals surface area contributed by atoms with Crippen molar-refractivity contribution in [3.05, 3.63) is 65.2 Å². The SMILES string of the molecule is CCN(C(=O)[C@@H]1CCN(CC(=O)N2CC=C(c3ccc(C(N)=NC=NC)cc3)CC2)C1)c1ccc(N)c(C(=N)C2CCN(CC(F)(F)F)CC2)c1. The monoisotopic (exact) mass is 707 g/mol. The van der Waals surface area contributed by atoms with E-state index in [2.05, 4.69) is 16.1 Å². The van der Waals surface area contributed by atoms with Gasteiger partial charge in [0.2, 0.25) is 11.8 Å².